The van der Waals surface area contributed by atoms with E-state index in [1.807, 2.05) is 11.0 Å². The van der Waals surface area contributed by atoms with E-state index in [0.29, 0.717) is 55.1 Å². The van der Waals surface area contributed by atoms with E-state index in [1.54, 1.807) is 26.4 Å². The van der Waals surface area contributed by atoms with Crippen LogP contribution >= 0.6 is 0 Å². The van der Waals surface area contributed by atoms with Crippen molar-refractivity contribution in [2.75, 3.05) is 46.9 Å². The molecule has 0 aromatic heterocycles. The van der Waals surface area contributed by atoms with Gasteiger partial charge in [-0.1, -0.05) is 39.2 Å². The second kappa shape index (κ2) is 11.5. The van der Waals surface area contributed by atoms with Crippen LogP contribution in [0, 0.1) is 11.8 Å². The van der Waals surface area contributed by atoms with Gasteiger partial charge >= 0.3 is 0 Å². The maximum atomic E-state index is 13.3. The van der Waals surface area contributed by atoms with E-state index in [9.17, 15) is 9.59 Å². The molecule has 1 saturated heterocycles. The number of amides is 2. The molecule has 2 unspecified atom stereocenters. The van der Waals surface area contributed by atoms with Crippen LogP contribution in [-0.2, 0) is 4.79 Å². The van der Waals surface area contributed by atoms with Crippen molar-refractivity contribution in [3.63, 3.8) is 0 Å². The maximum absolute atomic E-state index is 13.3. The summed E-state index contributed by atoms with van der Waals surface area (Å²) >= 11 is 0. The Morgan fingerprint density at radius 3 is 2.19 bits per heavy atom. The first-order valence-corrected chi connectivity index (χ1v) is 12.0. The van der Waals surface area contributed by atoms with E-state index >= 15 is 0 Å². The van der Waals surface area contributed by atoms with Gasteiger partial charge in [0.15, 0.2) is 0 Å². The normalized spacial score (nSPS) is 19.4. The number of methoxy groups -OCH3 is 2. The van der Waals surface area contributed by atoms with Crippen LogP contribution in [-0.4, -0.2) is 74.6 Å². The Morgan fingerprint density at radius 2 is 1.66 bits per heavy atom. The van der Waals surface area contributed by atoms with Gasteiger partial charge in [-0.15, -0.1) is 0 Å². The molecule has 1 heterocycles. The second-order valence-corrected chi connectivity index (χ2v) is 9.11. The van der Waals surface area contributed by atoms with E-state index < -0.39 is 0 Å². The fourth-order valence-electron chi connectivity index (χ4n) is 4.90. The monoisotopic (exact) mass is 445 g/mol. The molecule has 0 spiro atoms. The molecule has 1 aliphatic heterocycles. The molecule has 3 rings (SSSR count). The number of piperazine rings is 1. The summed E-state index contributed by atoms with van der Waals surface area (Å²) in [5.41, 5.74) is 0.463. The highest BCUT2D eigenvalue weighted by Gasteiger charge is 2.38. The quantitative estimate of drug-likeness (QED) is 0.632. The fourth-order valence-corrected chi connectivity index (χ4v) is 4.90. The molecular formula is C25H39N3O4. The van der Waals surface area contributed by atoms with E-state index in [0.717, 1.165) is 25.8 Å². The lowest BCUT2D eigenvalue weighted by Crippen LogP contribution is -2.58. The molecule has 178 valence electrons. The van der Waals surface area contributed by atoms with Crippen LogP contribution in [0.2, 0.25) is 0 Å². The lowest BCUT2D eigenvalue weighted by Gasteiger charge is -2.41. The zero-order chi connectivity index (χ0) is 23.1. The number of ether oxygens (including phenoxy) is 2. The Morgan fingerprint density at radius 1 is 1.06 bits per heavy atom. The number of carbonyl (C=O) groups is 2. The molecular weight excluding hydrogens is 406 g/mol. The van der Waals surface area contributed by atoms with Crippen molar-refractivity contribution in [1.82, 2.24) is 15.1 Å². The summed E-state index contributed by atoms with van der Waals surface area (Å²) in [7, 11) is 3.13. The highest BCUT2D eigenvalue weighted by molar-refractivity contribution is 5.99. The smallest absolute Gasteiger partial charge is 0.261 e. The van der Waals surface area contributed by atoms with Gasteiger partial charge in [-0.2, -0.15) is 0 Å². The zero-order valence-electron chi connectivity index (χ0n) is 20.1. The van der Waals surface area contributed by atoms with Crippen molar-refractivity contribution in [3.8, 4) is 11.5 Å². The van der Waals surface area contributed by atoms with Crippen LogP contribution in [0.4, 0.5) is 0 Å². The molecule has 2 fully saturated rings. The van der Waals surface area contributed by atoms with Gasteiger partial charge in [0, 0.05) is 32.7 Å². The number of hydrogen-bond donors (Lipinski definition) is 1. The van der Waals surface area contributed by atoms with E-state index in [-0.39, 0.29) is 17.9 Å². The van der Waals surface area contributed by atoms with Crippen molar-refractivity contribution in [3.05, 3.63) is 23.8 Å². The molecule has 1 aromatic rings. The maximum Gasteiger partial charge on any atom is 0.261 e. The Balaban J connectivity index is 1.68. The molecule has 1 N–H and O–H groups in total. The first-order valence-electron chi connectivity index (χ1n) is 12.0. The summed E-state index contributed by atoms with van der Waals surface area (Å²) in [5.74, 6) is 1.99. The molecule has 1 aromatic carbocycles. The fraction of sp³-hybridized carbons (Fsp3) is 0.680. The van der Waals surface area contributed by atoms with Gasteiger partial charge < -0.3 is 19.7 Å². The summed E-state index contributed by atoms with van der Waals surface area (Å²) in [4.78, 5) is 30.6. The van der Waals surface area contributed by atoms with Crippen molar-refractivity contribution < 1.29 is 19.1 Å². The minimum Gasteiger partial charge on any atom is -0.496 e. The van der Waals surface area contributed by atoms with Gasteiger partial charge in [0.2, 0.25) is 5.91 Å². The Kier molecular flexibility index (Phi) is 8.79. The largest absolute Gasteiger partial charge is 0.496 e. The Labute approximate surface area is 192 Å². The summed E-state index contributed by atoms with van der Waals surface area (Å²) in [6.45, 7) is 7.61. The molecule has 1 saturated carbocycles. The van der Waals surface area contributed by atoms with Crippen molar-refractivity contribution in [1.29, 1.82) is 0 Å². The van der Waals surface area contributed by atoms with E-state index in [4.69, 9.17) is 9.47 Å². The summed E-state index contributed by atoms with van der Waals surface area (Å²) in [6, 6.07) is 5.28. The average Bonchev–Trinajstić information content (AvgIpc) is 3.36. The molecule has 7 heteroatoms. The highest BCUT2D eigenvalue weighted by Crippen LogP contribution is 2.32. The first-order chi connectivity index (χ1) is 15.5. The van der Waals surface area contributed by atoms with Crippen LogP contribution < -0.4 is 14.8 Å². The zero-order valence-corrected chi connectivity index (χ0v) is 20.1. The Hall–Kier alpha value is -2.28. The number of carbonyl (C=O) groups excluding carboxylic acids is 2. The van der Waals surface area contributed by atoms with Gasteiger partial charge in [0.05, 0.1) is 20.3 Å². The van der Waals surface area contributed by atoms with Crippen LogP contribution in [0.3, 0.4) is 0 Å². The number of nitrogens with one attached hydrogen (secondary N) is 1. The van der Waals surface area contributed by atoms with Crippen LogP contribution in [0.1, 0.15) is 56.3 Å². The van der Waals surface area contributed by atoms with Gasteiger partial charge in [-0.25, -0.2) is 0 Å². The number of nitrogens with zero attached hydrogens (tertiary/aromatic N) is 2. The minimum atomic E-state index is -0.0976. The Bertz CT molecular complexity index is 748. The molecule has 1 aliphatic carbocycles. The molecule has 0 bridgehead atoms. The van der Waals surface area contributed by atoms with Gasteiger partial charge in [0.1, 0.15) is 17.1 Å². The van der Waals surface area contributed by atoms with Crippen molar-refractivity contribution >= 4 is 11.8 Å². The van der Waals surface area contributed by atoms with Gasteiger partial charge in [-0.3, -0.25) is 14.5 Å². The van der Waals surface area contributed by atoms with Crippen molar-refractivity contribution in [2.45, 2.75) is 52.0 Å². The van der Waals surface area contributed by atoms with Gasteiger partial charge in [-0.05, 0) is 36.8 Å². The summed E-state index contributed by atoms with van der Waals surface area (Å²) < 4.78 is 10.8. The summed E-state index contributed by atoms with van der Waals surface area (Å²) in [6.07, 6.45) is 5.68. The number of hydrogen-bond acceptors (Lipinski definition) is 5. The van der Waals surface area contributed by atoms with Crippen LogP contribution in [0.5, 0.6) is 11.5 Å². The van der Waals surface area contributed by atoms with Gasteiger partial charge in [0.25, 0.3) is 5.91 Å². The third kappa shape index (κ3) is 5.55. The molecule has 32 heavy (non-hydrogen) atoms. The third-order valence-corrected chi connectivity index (χ3v) is 7.07. The SMILES string of the molecule is CCC(C)CNC(=O)C(C1CCCC1)N1CCN(C(=O)c2c(OC)cccc2OC)CC1. The predicted octanol–water partition coefficient (Wildman–Crippen LogP) is 3.18. The third-order valence-electron chi connectivity index (χ3n) is 7.07. The van der Waals surface area contributed by atoms with Crippen LogP contribution in [0.15, 0.2) is 18.2 Å². The van der Waals surface area contributed by atoms with E-state index in [2.05, 4.69) is 24.1 Å². The molecule has 2 aliphatic rings. The highest BCUT2D eigenvalue weighted by atomic mass is 16.5. The lowest BCUT2D eigenvalue weighted by atomic mass is 9.94. The first kappa shape index (κ1) is 24.4. The van der Waals surface area contributed by atoms with Crippen LogP contribution in [0.25, 0.3) is 0 Å². The second-order valence-electron chi connectivity index (χ2n) is 9.11. The predicted molar refractivity (Wildman–Crippen MR) is 125 cm³/mol. The standard InChI is InChI=1S/C25H39N3O4/c1-5-18(2)17-26-24(29)23(19-9-6-7-10-19)27-13-15-28(16-14-27)25(30)22-20(31-3)11-8-12-21(22)32-4/h8,11-12,18-19,23H,5-7,9-10,13-17H2,1-4H3,(H,26,29). The number of rotatable bonds is 9. The topological polar surface area (TPSA) is 71.1 Å². The average molecular weight is 446 g/mol. The lowest BCUT2D eigenvalue weighted by molar-refractivity contribution is -0.129. The molecule has 2 atom stereocenters. The van der Waals surface area contributed by atoms with E-state index in [1.165, 1.54) is 12.8 Å². The molecule has 0 radical (unpaired) electrons. The minimum absolute atomic E-state index is 0.0856. The van der Waals surface area contributed by atoms with Crippen molar-refractivity contribution in [2.24, 2.45) is 11.8 Å². The molecule has 2 amide bonds. The number of benzene rings is 1. The summed E-state index contributed by atoms with van der Waals surface area (Å²) in [5, 5.41) is 3.20. The molecule has 7 nitrogen and oxygen atoms in total.